The van der Waals surface area contributed by atoms with Crippen molar-refractivity contribution in [3.05, 3.63) is 23.5 Å². The molecule has 5 N–H and O–H groups in total. The second-order valence-electron chi connectivity index (χ2n) is 6.71. The first-order valence-corrected chi connectivity index (χ1v) is 8.62. The molecule has 152 valence electrons. The van der Waals surface area contributed by atoms with Crippen LogP contribution in [0.5, 0.6) is 0 Å². The molecule has 0 radical (unpaired) electrons. The fourth-order valence-electron chi connectivity index (χ4n) is 3.73. The molecule has 3 aliphatic rings. The minimum Gasteiger partial charge on any atom is -0.471 e. The maximum Gasteiger partial charge on any atom is 0.337 e. The van der Waals surface area contributed by atoms with Crippen molar-refractivity contribution in [1.29, 1.82) is 0 Å². The van der Waals surface area contributed by atoms with E-state index in [2.05, 4.69) is 0 Å². The van der Waals surface area contributed by atoms with E-state index in [9.17, 15) is 30.3 Å². The molecule has 3 rings (SSSR count). The van der Waals surface area contributed by atoms with E-state index >= 15 is 0 Å². The van der Waals surface area contributed by atoms with Crippen LogP contribution in [-0.2, 0) is 23.7 Å². The first-order valence-electron chi connectivity index (χ1n) is 8.62. The van der Waals surface area contributed by atoms with Crippen molar-refractivity contribution in [3.8, 4) is 0 Å². The van der Waals surface area contributed by atoms with Gasteiger partial charge in [-0.2, -0.15) is 0 Å². The van der Waals surface area contributed by atoms with Gasteiger partial charge in [-0.05, 0) is 12.0 Å². The largest absolute Gasteiger partial charge is 0.471 e. The van der Waals surface area contributed by atoms with Gasteiger partial charge in [0.2, 0.25) is 6.29 Å². The van der Waals surface area contributed by atoms with E-state index in [0.29, 0.717) is 17.6 Å². The summed E-state index contributed by atoms with van der Waals surface area (Å²) in [5.74, 6) is -1.42. The van der Waals surface area contributed by atoms with Gasteiger partial charge in [0.1, 0.15) is 24.4 Å². The predicted molar refractivity (Wildman–Crippen MR) is 86.6 cm³/mol. The number of aliphatic hydroxyl groups excluding tert-OH is 5. The molecule has 1 aliphatic carbocycles. The van der Waals surface area contributed by atoms with Crippen molar-refractivity contribution < 1.29 is 49.3 Å². The van der Waals surface area contributed by atoms with Gasteiger partial charge in [-0.3, -0.25) is 0 Å². The summed E-state index contributed by atoms with van der Waals surface area (Å²) >= 11 is 0. The molecule has 10 nitrogen and oxygen atoms in total. The molecule has 27 heavy (non-hydrogen) atoms. The molecule has 2 heterocycles. The number of fused-ring (bicyclic) bond motifs is 1. The van der Waals surface area contributed by atoms with E-state index in [1.807, 2.05) is 0 Å². The molecule has 10 heteroatoms. The molecule has 0 saturated carbocycles. The number of carbonyl (C=O) groups excluding carboxylic acids is 1. The summed E-state index contributed by atoms with van der Waals surface area (Å²) in [6.07, 6.45) is -4.73. The van der Waals surface area contributed by atoms with Crippen molar-refractivity contribution in [2.24, 2.45) is 11.8 Å². The van der Waals surface area contributed by atoms with Gasteiger partial charge in [0.15, 0.2) is 6.29 Å². The van der Waals surface area contributed by atoms with Crippen LogP contribution in [0.15, 0.2) is 23.5 Å². The topological polar surface area (TPSA) is 155 Å². The standard InChI is InChI=1S/C17H24O10/c1-24-15(23)9-6-25-16(11-7(4-18)2-3-8(9)11)27-17-14(22)13(21)12(20)10(5-19)26-17/h2,6,8,10-14,16-22H,3-5H2,1H3/t8-,10-,11+,12-,13-,14-,16+,17+/m1/s1. The summed E-state index contributed by atoms with van der Waals surface area (Å²) in [7, 11) is 1.25. The molecule has 0 amide bonds. The number of allylic oxidation sites excluding steroid dienone is 1. The van der Waals surface area contributed by atoms with Gasteiger partial charge < -0.3 is 44.5 Å². The average Bonchev–Trinajstić information content (AvgIpc) is 3.12. The highest BCUT2D eigenvalue weighted by atomic mass is 16.8. The summed E-state index contributed by atoms with van der Waals surface area (Å²) in [6, 6.07) is 0. The van der Waals surface area contributed by atoms with E-state index in [-0.39, 0.29) is 12.5 Å². The minimum atomic E-state index is -1.59. The van der Waals surface area contributed by atoms with Crippen LogP contribution in [0.4, 0.5) is 0 Å². The van der Waals surface area contributed by atoms with Crippen molar-refractivity contribution in [3.63, 3.8) is 0 Å². The van der Waals surface area contributed by atoms with Crippen LogP contribution in [0.3, 0.4) is 0 Å². The Labute approximate surface area is 155 Å². The van der Waals surface area contributed by atoms with E-state index in [1.165, 1.54) is 13.4 Å². The van der Waals surface area contributed by atoms with Crippen molar-refractivity contribution >= 4 is 5.97 Å². The number of carbonyl (C=O) groups is 1. The molecule has 0 bridgehead atoms. The predicted octanol–water partition coefficient (Wildman–Crippen LogP) is -2.23. The third kappa shape index (κ3) is 3.61. The van der Waals surface area contributed by atoms with E-state index in [0.717, 1.165) is 0 Å². The van der Waals surface area contributed by atoms with E-state index in [4.69, 9.17) is 18.9 Å². The van der Waals surface area contributed by atoms with Gasteiger partial charge in [-0.15, -0.1) is 0 Å². The lowest BCUT2D eigenvalue weighted by Gasteiger charge is -2.42. The quantitative estimate of drug-likeness (QED) is 0.258. The SMILES string of the molecule is COC(=O)C1=CO[C@@H](O[C@@H]2O[C@H](CO)[C@@H](O)[C@@H](O)[C@H]2O)[C@H]2C(CO)=CC[C@H]12. The van der Waals surface area contributed by atoms with Gasteiger partial charge in [-0.1, -0.05) is 6.08 Å². The van der Waals surface area contributed by atoms with E-state index in [1.54, 1.807) is 6.08 Å². The Hall–Kier alpha value is -1.53. The van der Waals surface area contributed by atoms with Crippen LogP contribution in [0.25, 0.3) is 0 Å². The number of hydrogen-bond donors (Lipinski definition) is 5. The number of esters is 1. The highest BCUT2D eigenvalue weighted by Crippen LogP contribution is 2.44. The normalized spacial score (nSPS) is 41.3. The highest BCUT2D eigenvalue weighted by molar-refractivity contribution is 5.89. The van der Waals surface area contributed by atoms with Gasteiger partial charge in [0, 0.05) is 5.92 Å². The zero-order chi connectivity index (χ0) is 19.7. The van der Waals surface area contributed by atoms with Gasteiger partial charge >= 0.3 is 5.97 Å². The minimum absolute atomic E-state index is 0.270. The summed E-state index contributed by atoms with van der Waals surface area (Å²) in [6.45, 7) is -0.857. The number of methoxy groups -OCH3 is 1. The zero-order valence-corrected chi connectivity index (χ0v) is 14.7. The lowest BCUT2D eigenvalue weighted by atomic mass is 9.83. The first-order chi connectivity index (χ1) is 12.9. The molecule has 8 atom stereocenters. The van der Waals surface area contributed by atoms with E-state index < -0.39 is 55.5 Å². The molecule has 1 fully saturated rings. The van der Waals surface area contributed by atoms with Crippen LogP contribution >= 0.6 is 0 Å². The molecule has 0 aromatic carbocycles. The Morgan fingerprint density at radius 2 is 1.93 bits per heavy atom. The molecule has 0 unspecified atom stereocenters. The second kappa shape index (κ2) is 8.23. The number of rotatable bonds is 5. The van der Waals surface area contributed by atoms with Crippen LogP contribution in [0.1, 0.15) is 6.42 Å². The molecular formula is C17H24O10. The zero-order valence-electron chi connectivity index (χ0n) is 14.7. The summed E-state index contributed by atoms with van der Waals surface area (Å²) < 4.78 is 21.3. The maximum atomic E-state index is 12.0. The number of aliphatic hydroxyl groups is 5. The first kappa shape index (κ1) is 20.2. The number of hydrogen-bond acceptors (Lipinski definition) is 10. The molecule has 0 spiro atoms. The van der Waals surface area contributed by atoms with Crippen LogP contribution in [0.2, 0.25) is 0 Å². The fourth-order valence-corrected chi connectivity index (χ4v) is 3.73. The van der Waals surface area contributed by atoms with Gasteiger partial charge in [0.05, 0.1) is 38.1 Å². The molecule has 1 saturated heterocycles. The molecule has 0 aromatic heterocycles. The Kier molecular flexibility index (Phi) is 6.16. The Morgan fingerprint density at radius 1 is 1.19 bits per heavy atom. The Morgan fingerprint density at radius 3 is 2.56 bits per heavy atom. The second-order valence-corrected chi connectivity index (χ2v) is 6.71. The summed E-state index contributed by atoms with van der Waals surface area (Å²) in [5.41, 5.74) is 0.903. The third-order valence-electron chi connectivity index (χ3n) is 5.24. The smallest absolute Gasteiger partial charge is 0.337 e. The van der Waals surface area contributed by atoms with Crippen molar-refractivity contribution in [2.45, 2.75) is 43.4 Å². The maximum absolute atomic E-state index is 12.0. The van der Waals surface area contributed by atoms with Gasteiger partial charge in [0.25, 0.3) is 0 Å². The van der Waals surface area contributed by atoms with Crippen LogP contribution in [-0.4, -0.2) is 88.8 Å². The van der Waals surface area contributed by atoms with Gasteiger partial charge in [-0.25, -0.2) is 4.79 Å². The molecule has 2 aliphatic heterocycles. The third-order valence-corrected chi connectivity index (χ3v) is 5.24. The highest BCUT2D eigenvalue weighted by Gasteiger charge is 2.49. The molecular weight excluding hydrogens is 364 g/mol. The Bertz CT molecular complexity index is 615. The lowest BCUT2D eigenvalue weighted by molar-refractivity contribution is -0.339. The van der Waals surface area contributed by atoms with Crippen LogP contribution < -0.4 is 0 Å². The lowest BCUT2D eigenvalue weighted by Crippen LogP contribution is -2.60. The van der Waals surface area contributed by atoms with Crippen LogP contribution in [0, 0.1) is 11.8 Å². The molecule has 0 aromatic rings. The van der Waals surface area contributed by atoms with Crippen molar-refractivity contribution in [2.75, 3.05) is 20.3 Å². The average molecular weight is 388 g/mol. The Balaban J connectivity index is 1.80. The van der Waals surface area contributed by atoms with Crippen molar-refractivity contribution in [1.82, 2.24) is 0 Å². The number of ether oxygens (including phenoxy) is 4. The fraction of sp³-hybridized carbons (Fsp3) is 0.706. The summed E-state index contributed by atoms with van der Waals surface area (Å²) in [5, 5.41) is 48.8. The summed E-state index contributed by atoms with van der Waals surface area (Å²) in [4.78, 5) is 12.0. The monoisotopic (exact) mass is 388 g/mol.